The summed E-state index contributed by atoms with van der Waals surface area (Å²) in [5.41, 5.74) is -0.669. The minimum Gasteiger partial charge on any atom is -0.288 e. The number of hydrogen-bond acceptors (Lipinski definition) is 6. The van der Waals surface area contributed by atoms with E-state index in [-0.39, 0.29) is 27.9 Å². The van der Waals surface area contributed by atoms with Crippen LogP contribution in [0.1, 0.15) is 31.8 Å². The Morgan fingerprint density at radius 3 is 1.71 bits per heavy atom. The lowest BCUT2D eigenvalue weighted by Gasteiger charge is -2.19. The summed E-state index contributed by atoms with van der Waals surface area (Å²) in [5.74, 6) is -1.21. The van der Waals surface area contributed by atoms with Gasteiger partial charge in [0.2, 0.25) is 5.78 Å². The molecule has 0 radical (unpaired) electrons. The first kappa shape index (κ1) is 21.4. The van der Waals surface area contributed by atoms with Crippen LogP contribution in [0.15, 0.2) is 111 Å². The first-order valence-corrected chi connectivity index (χ1v) is 11.8. The third-order valence-electron chi connectivity index (χ3n) is 5.58. The monoisotopic (exact) mass is 468 g/mol. The van der Waals surface area contributed by atoms with Crippen molar-refractivity contribution in [1.29, 1.82) is 0 Å². The molecule has 4 aromatic rings. The summed E-state index contributed by atoms with van der Waals surface area (Å²) in [6.07, 6.45) is 0. The SMILES string of the molecule is O=C1c2cccc([N+](=O)[O-])c2C(=O)c2cccc(N=S(=O)(c3ccccc3)c3ccccc3)c21. The van der Waals surface area contributed by atoms with Gasteiger partial charge in [-0.15, -0.1) is 0 Å². The van der Waals surface area contributed by atoms with Crippen LogP contribution in [0.4, 0.5) is 11.4 Å². The van der Waals surface area contributed by atoms with Gasteiger partial charge in [-0.05, 0) is 36.4 Å². The molecule has 7 nitrogen and oxygen atoms in total. The smallest absolute Gasteiger partial charge is 0.281 e. The van der Waals surface area contributed by atoms with E-state index < -0.39 is 31.9 Å². The highest BCUT2D eigenvalue weighted by Crippen LogP contribution is 2.38. The molecule has 0 heterocycles. The van der Waals surface area contributed by atoms with E-state index in [1.165, 1.54) is 36.4 Å². The Kier molecular flexibility index (Phi) is 5.14. The van der Waals surface area contributed by atoms with Gasteiger partial charge in [-0.2, -0.15) is 4.36 Å². The molecule has 0 spiro atoms. The van der Waals surface area contributed by atoms with E-state index in [1.807, 2.05) is 0 Å². The van der Waals surface area contributed by atoms with Gasteiger partial charge in [-0.1, -0.05) is 54.6 Å². The zero-order valence-electron chi connectivity index (χ0n) is 17.6. The van der Waals surface area contributed by atoms with Crippen LogP contribution in [0.3, 0.4) is 0 Å². The van der Waals surface area contributed by atoms with Gasteiger partial charge in [-0.25, -0.2) is 4.21 Å². The van der Waals surface area contributed by atoms with E-state index in [0.717, 1.165) is 0 Å². The molecule has 0 amide bonds. The molecule has 0 aliphatic heterocycles. The fourth-order valence-corrected chi connectivity index (χ4v) is 5.99. The Hall–Kier alpha value is -4.43. The number of fused-ring (bicyclic) bond motifs is 2. The molecule has 5 rings (SSSR count). The maximum atomic E-state index is 14.4. The van der Waals surface area contributed by atoms with Crippen molar-refractivity contribution in [3.8, 4) is 0 Å². The van der Waals surface area contributed by atoms with Crippen molar-refractivity contribution in [3.05, 3.63) is 129 Å². The number of hydrogen-bond donors (Lipinski definition) is 0. The fourth-order valence-electron chi connectivity index (χ4n) is 4.02. The van der Waals surface area contributed by atoms with Gasteiger partial charge in [0.05, 0.1) is 26.0 Å². The van der Waals surface area contributed by atoms with Crippen molar-refractivity contribution in [2.75, 3.05) is 0 Å². The van der Waals surface area contributed by atoms with Crippen molar-refractivity contribution in [2.24, 2.45) is 4.36 Å². The van der Waals surface area contributed by atoms with Gasteiger partial charge in [0.15, 0.2) is 5.78 Å². The second-order valence-corrected chi connectivity index (χ2v) is 9.74. The van der Waals surface area contributed by atoms with Gasteiger partial charge < -0.3 is 0 Å². The average molecular weight is 468 g/mol. The number of nitro benzene ring substituents is 1. The number of rotatable bonds is 4. The summed E-state index contributed by atoms with van der Waals surface area (Å²) in [5, 5.41) is 11.5. The standard InChI is InChI=1S/C26H16N2O5S/c29-25-20-14-8-16-22(28(31)32)24(20)26(30)19-13-7-15-21(23(19)25)27-34(33,17-9-3-1-4-10-17)18-11-5-2-6-12-18/h1-16H. The van der Waals surface area contributed by atoms with E-state index in [9.17, 15) is 23.9 Å². The van der Waals surface area contributed by atoms with Gasteiger partial charge in [0.1, 0.15) is 15.3 Å². The van der Waals surface area contributed by atoms with Crippen LogP contribution in [-0.4, -0.2) is 20.7 Å². The second kappa shape index (κ2) is 8.17. The molecule has 8 heteroatoms. The van der Waals surface area contributed by atoms with Crippen LogP contribution in [0.5, 0.6) is 0 Å². The van der Waals surface area contributed by atoms with Crippen LogP contribution in [0.2, 0.25) is 0 Å². The summed E-state index contributed by atoms with van der Waals surface area (Å²) < 4.78 is 18.9. The van der Waals surface area contributed by atoms with Crippen LogP contribution >= 0.6 is 0 Å². The number of nitro groups is 1. The highest BCUT2D eigenvalue weighted by atomic mass is 32.2. The maximum Gasteiger partial charge on any atom is 0.281 e. The summed E-state index contributed by atoms with van der Waals surface area (Å²) in [6.45, 7) is 0. The Labute approximate surface area is 195 Å². The summed E-state index contributed by atoms with van der Waals surface area (Å²) in [7, 11) is -3.22. The van der Waals surface area contributed by atoms with Crippen LogP contribution < -0.4 is 0 Å². The Morgan fingerprint density at radius 2 is 1.15 bits per heavy atom. The fraction of sp³-hybridized carbons (Fsp3) is 0. The van der Waals surface area contributed by atoms with Crippen molar-refractivity contribution >= 4 is 32.7 Å². The lowest BCUT2D eigenvalue weighted by molar-refractivity contribution is -0.385. The van der Waals surface area contributed by atoms with Crippen LogP contribution in [0, 0.1) is 10.1 Å². The molecule has 0 unspecified atom stereocenters. The number of carbonyl (C=O) groups is 2. The topological polar surface area (TPSA) is 107 Å². The largest absolute Gasteiger partial charge is 0.288 e. The lowest BCUT2D eigenvalue weighted by atomic mass is 9.82. The predicted octanol–water partition coefficient (Wildman–Crippen LogP) is 5.59. The van der Waals surface area contributed by atoms with Gasteiger partial charge >= 0.3 is 0 Å². The van der Waals surface area contributed by atoms with Crippen molar-refractivity contribution < 1.29 is 18.7 Å². The van der Waals surface area contributed by atoms with Crippen molar-refractivity contribution in [2.45, 2.75) is 9.79 Å². The summed E-state index contributed by atoms with van der Waals surface area (Å²) in [4.78, 5) is 38.5. The van der Waals surface area contributed by atoms with Gasteiger partial charge in [0.25, 0.3) is 5.69 Å². The first-order valence-electron chi connectivity index (χ1n) is 10.3. The number of nitrogens with zero attached hydrogens (tertiary/aromatic N) is 2. The third kappa shape index (κ3) is 3.32. The Morgan fingerprint density at radius 1 is 0.647 bits per heavy atom. The number of benzene rings is 4. The minimum atomic E-state index is -3.22. The zero-order chi connectivity index (χ0) is 23.9. The molecule has 0 saturated carbocycles. The minimum absolute atomic E-state index is 0.00377. The van der Waals surface area contributed by atoms with Gasteiger partial charge in [-0.3, -0.25) is 19.7 Å². The van der Waals surface area contributed by atoms with E-state index >= 15 is 0 Å². The Bertz CT molecular complexity index is 1560. The average Bonchev–Trinajstić information content (AvgIpc) is 2.87. The molecule has 4 aromatic carbocycles. The van der Waals surface area contributed by atoms with E-state index in [4.69, 9.17) is 0 Å². The van der Waals surface area contributed by atoms with E-state index in [1.54, 1.807) is 60.7 Å². The summed E-state index contributed by atoms with van der Waals surface area (Å²) >= 11 is 0. The normalized spacial score (nSPS) is 12.6. The molecule has 1 aliphatic carbocycles. The van der Waals surface area contributed by atoms with E-state index in [2.05, 4.69) is 4.36 Å². The molecule has 1 aliphatic rings. The molecule has 0 fully saturated rings. The molecular formula is C26H16N2O5S. The van der Waals surface area contributed by atoms with E-state index in [0.29, 0.717) is 9.79 Å². The van der Waals surface area contributed by atoms with Gasteiger partial charge in [0, 0.05) is 17.2 Å². The zero-order valence-corrected chi connectivity index (χ0v) is 18.4. The lowest BCUT2D eigenvalue weighted by Crippen LogP contribution is -2.22. The highest BCUT2D eigenvalue weighted by Gasteiger charge is 2.37. The molecule has 0 aromatic heterocycles. The predicted molar refractivity (Wildman–Crippen MR) is 126 cm³/mol. The molecule has 166 valence electrons. The molecule has 0 atom stereocenters. The second-order valence-electron chi connectivity index (χ2n) is 7.56. The third-order valence-corrected chi connectivity index (χ3v) is 7.85. The molecule has 0 bridgehead atoms. The van der Waals surface area contributed by atoms with Crippen molar-refractivity contribution in [3.63, 3.8) is 0 Å². The molecular weight excluding hydrogens is 452 g/mol. The number of ketones is 2. The molecule has 0 N–H and O–H groups in total. The quantitative estimate of drug-likeness (QED) is 0.252. The summed E-state index contributed by atoms with van der Waals surface area (Å²) in [6, 6.07) is 25.8. The maximum absolute atomic E-state index is 14.4. The highest BCUT2D eigenvalue weighted by molar-refractivity contribution is 7.93. The molecule has 34 heavy (non-hydrogen) atoms. The van der Waals surface area contributed by atoms with Crippen molar-refractivity contribution in [1.82, 2.24) is 0 Å². The van der Waals surface area contributed by atoms with Crippen LogP contribution in [-0.2, 0) is 9.73 Å². The first-order chi connectivity index (χ1) is 16.4. The molecule has 0 saturated heterocycles. The van der Waals surface area contributed by atoms with Crippen LogP contribution in [0.25, 0.3) is 0 Å². The Balaban J connectivity index is 1.80. The number of carbonyl (C=O) groups excluding carboxylic acids is 2.